The van der Waals surface area contributed by atoms with Crippen LogP contribution in [-0.4, -0.2) is 46.1 Å². The number of esters is 1. The quantitative estimate of drug-likeness (QED) is 0.683. The third kappa shape index (κ3) is 2.79. The Morgan fingerprint density at radius 1 is 1.27 bits per heavy atom. The maximum absolute atomic E-state index is 13.1. The van der Waals surface area contributed by atoms with E-state index in [0.29, 0.717) is 19.3 Å². The number of fused-ring (bicyclic) bond motifs is 5. The van der Waals surface area contributed by atoms with E-state index >= 15 is 0 Å². The Morgan fingerprint density at radius 3 is 2.63 bits per heavy atom. The van der Waals surface area contributed by atoms with Gasteiger partial charge in [-0.3, -0.25) is 14.4 Å². The van der Waals surface area contributed by atoms with E-state index in [2.05, 4.69) is 6.92 Å². The zero-order valence-corrected chi connectivity index (χ0v) is 18.4. The van der Waals surface area contributed by atoms with Crippen molar-refractivity contribution in [2.75, 3.05) is 6.61 Å². The SMILES string of the molecule is CC(=O)OCC(=O)[C@@]1(O)[C@H](C)C[C@@H]2[C@@H]3CC[C@@H]4CC(=O)C=C[C@]4(C)[C@H]3[C@H](O)C[C@@]21C. The topological polar surface area (TPSA) is 101 Å². The Bertz CT molecular complexity index is 804. The van der Waals surface area contributed by atoms with Gasteiger partial charge in [0.05, 0.1) is 6.10 Å². The maximum atomic E-state index is 13.1. The van der Waals surface area contributed by atoms with Crippen molar-refractivity contribution in [1.82, 2.24) is 0 Å². The minimum Gasteiger partial charge on any atom is -0.458 e. The molecule has 30 heavy (non-hydrogen) atoms. The van der Waals surface area contributed by atoms with E-state index in [0.717, 1.165) is 12.8 Å². The molecule has 3 fully saturated rings. The molecule has 0 aliphatic heterocycles. The highest BCUT2D eigenvalue weighted by atomic mass is 16.5. The second-order valence-electron chi connectivity index (χ2n) is 10.7. The average Bonchev–Trinajstić information content (AvgIpc) is 2.87. The molecule has 0 radical (unpaired) electrons. The highest BCUT2D eigenvalue weighted by Crippen LogP contribution is 2.68. The number of hydrogen-bond donors (Lipinski definition) is 2. The Hall–Kier alpha value is -1.53. The average molecular weight is 419 g/mol. The fourth-order valence-corrected chi connectivity index (χ4v) is 7.96. The van der Waals surface area contributed by atoms with Gasteiger partial charge >= 0.3 is 5.97 Å². The van der Waals surface area contributed by atoms with Gasteiger partial charge in [-0.25, -0.2) is 0 Å². The van der Waals surface area contributed by atoms with Crippen LogP contribution in [0.2, 0.25) is 0 Å². The fraction of sp³-hybridized carbons (Fsp3) is 0.792. The normalized spacial score (nSPS) is 49.7. The van der Waals surface area contributed by atoms with Crippen LogP contribution in [0.25, 0.3) is 0 Å². The van der Waals surface area contributed by atoms with Gasteiger partial charge in [0.1, 0.15) is 5.60 Å². The van der Waals surface area contributed by atoms with E-state index in [1.807, 2.05) is 19.9 Å². The molecule has 0 heterocycles. The van der Waals surface area contributed by atoms with Crippen LogP contribution < -0.4 is 0 Å². The van der Waals surface area contributed by atoms with Crippen LogP contribution in [0.4, 0.5) is 0 Å². The number of ketones is 2. The third-order valence-corrected chi connectivity index (χ3v) is 9.39. The first-order valence-corrected chi connectivity index (χ1v) is 11.2. The van der Waals surface area contributed by atoms with E-state index in [9.17, 15) is 24.6 Å². The number of allylic oxidation sites excluding steroid dienone is 2. The summed E-state index contributed by atoms with van der Waals surface area (Å²) in [6.45, 7) is 6.80. The predicted octanol–water partition coefficient (Wildman–Crippen LogP) is 2.45. The molecule has 0 aromatic rings. The first kappa shape index (κ1) is 21.7. The summed E-state index contributed by atoms with van der Waals surface area (Å²) in [6, 6.07) is 0. The summed E-state index contributed by atoms with van der Waals surface area (Å²) in [4.78, 5) is 36.3. The van der Waals surface area contributed by atoms with Gasteiger partial charge in [0.15, 0.2) is 12.4 Å². The van der Waals surface area contributed by atoms with Crippen LogP contribution in [-0.2, 0) is 19.1 Å². The van der Waals surface area contributed by atoms with Crippen LogP contribution in [0.1, 0.15) is 59.8 Å². The molecule has 6 nitrogen and oxygen atoms in total. The van der Waals surface area contributed by atoms with E-state index in [-0.39, 0.29) is 40.8 Å². The summed E-state index contributed by atoms with van der Waals surface area (Å²) in [5.74, 6) is -0.625. The van der Waals surface area contributed by atoms with Crippen molar-refractivity contribution in [2.45, 2.75) is 71.5 Å². The number of aliphatic hydroxyl groups excluding tert-OH is 1. The van der Waals surface area contributed by atoms with Crippen LogP contribution >= 0.6 is 0 Å². The molecule has 4 rings (SSSR count). The molecule has 9 atom stereocenters. The van der Waals surface area contributed by atoms with Gasteiger partial charge in [-0.1, -0.05) is 26.8 Å². The number of hydrogen-bond acceptors (Lipinski definition) is 6. The van der Waals surface area contributed by atoms with E-state index in [1.54, 1.807) is 6.08 Å². The first-order valence-electron chi connectivity index (χ1n) is 11.2. The highest BCUT2D eigenvalue weighted by molar-refractivity contribution is 5.92. The zero-order valence-electron chi connectivity index (χ0n) is 18.4. The summed E-state index contributed by atoms with van der Waals surface area (Å²) in [6.07, 6.45) is 6.40. The molecular weight excluding hydrogens is 384 g/mol. The molecular formula is C24H34O6. The fourth-order valence-electron chi connectivity index (χ4n) is 7.96. The number of carbonyl (C=O) groups is 3. The molecule has 4 aliphatic rings. The van der Waals surface area contributed by atoms with Gasteiger partial charge in [-0.05, 0) is 66.8 Å². The van der Waals surface area contributed by atoms with Gasteiger partial charge in [-0.2, -0.15) is 0 Å². The van der Waals surface area contributed by atoms with E-state index < -0.39 is 35.5 Å². The lowest BCUT2D eigenvalue weighted by Gasteiger charge is -2.61. The molecule has 3 saturated carbocycles. The van der Waals surface area contributed by atoms with Crippen LogP contribution in [0.3, 0.4) is 0 Å². The van der Waals surface area contributed by atoms with Crippen molar-refractivity contribution >= 4 is 17.5 Å². The minimum atomic E-state index is -1.63. The van der Waals surface area contributed by atoms with Gasteiger partial charge in [0.2, 0.25) is 5.78 Å². The largest absolute Gasteiger partial charge is 0.458 e. The number of carbonyl (C=O) groups excluding carboxylic acids is 3. The molecule has 0 spiro atoms. The summed E-state index contributed by atoms with van der Waals surface area (Å²) in [5.41, 5.74) is -2.65. The molecule has 4 aliphatic carbocycles. The van der Waals surface area contributed by atoms with Crippen molar-refractivity contribution in [3.63, 3.8) is 0 Å². The van der Waals surface area contributed by atoms with Crippen molar-refractivity contribution in [2.24, 2.45) is 40.4 Å². The zero-order chi connectivity index (χ0) is 22.1. The van der Waals surface area contributed by atoms with Crippen LogP contribution in [0.15, 0.2) is 12.2 Å². The molecule has 0 unspecified atom stereocenters. The number of aliphatic hydroxyl groups is 2. The van der Waals surface area contributed by atoms with Gasteiger partial charge in [0.25, 0.3) is 0 Å². The van der Waals surface area contributed by atoms with Crippen molar-refractivity contribution < 1.29 is 29.3 Å². The Morgan fingerprint density at radius 2 is 1.97 bits per heavy atom. The monoisotopic (exact) mass is 418 g/mol. The Balaban J connectivity index is 1.69. The predicted molar refractivity (Wildman–Crippen MR) is 109 cm³/mol. The highest BCUT2D eigenvalue weighted by Gasteiger charge is 2.70. The maximum Gasteiger partial charge on any atom is 0.303 e. The molecule has 6 heteroatoms. The Kier molecular flexibility index (Phi) is 5.06. The minimum absolute atomic E-state index is 0.0109. The Labute approximate surface area is 178 Å². The summed E-state index contributed by atoms with van der Waals surface area (Å²) in [7, 11) is 0. The van der Waals surface area contributed by atoms with Crippen LogP contribution in [0.5, 0.6) is 0 Å². The standard InChI is InChI=1S/C24H34O6/c1-13-9-18-17-6-5-15-10-16(26)7-8-22(15,3)21(17)19(27)11-23(18,4)24(13,29)20(28)12-30-14(2)25/h7-8,13,15,17-19,21,27,29H,5-6,9-12H2,1-4H3/t13-,15-,17+,18-,19-,21-,22+,23+,24+/m1/s1. The van der Waals surface area contributed by atoms with Crippen molar-refractivity contribution in [1.29, 1.82) is 0 Å². The molecule has 0 aromatic carbocycles. The lowest BCUT2D eigenvalue weighted by molar-refractivity contribution is -0.194. The third-order valence-electron chi connectivity index (χ3n) is 9.39. The second-order valence-corrected chi connectivity index (χ2v) is 10.7. The van der Waals surface area contributed by atoms with Crippen molar-refractivity contribution in [3.8, 4) is 0 Å². The summed E-state index contributed by atoms with van der Waals surface area (Å²) >= 11 is 0. The van der Waals surface area contributed by atoms with E-state index in [4.69, 9.17) is 4.74 Å². The van der Waals surface area contributed by atoms with Crippen LogP contribution in [0, 0.1) is 40.4 Å². The molecule has 166 valence electrons. The number of rotatable bonds is 3. The second kappa shape index (κ2) is 6.99. The molecule has 2 N–H and O–H groups in total. The smallest absolute Gasteiger partial charge is 0.303 e. The summed E-state index contributed by atoms with van der Waals surface area (Å²) < 4.78 is 4.93. The van der Waals surface area contributed by atoms with Crippen molar-refractivity contribution in [3.05, 3.63) is 12.2 Å². The lowest BCUT2D eigenvalue weighted by Crippen LogP contribution is -2.63. The van der Waals surface area contributed by atoms with E-state index in [1.165, 1.54) is 6.92 Å². The lowest BCUT2D eigenvalue weighted by atomic mass is 9.44. The first-order chi connectivity index (χ1) is 13.9. The molecule has 0 bridgehead atoms. The van der Waals surface area contributed by atoms with Gasteiger partial charge < -0.3 is 14.9 Å². The van der Waals surface area contributed by atoms with Gasteiger partial charge in [-0.15, -0.1) is 0 Å². The molecule has 0 saturated heterocycles. The molecule has 0 amide bonds. The summed E-state index contributed by atoms with van der Waals surface area (Å²) in [5, 5.41) is 23.1. The molecule has 0 aromatic heterocycles. The van der Waals surface area contributed by atoms with Gasteiger partial charge in [0, 0.05) is 18.8 Å². The number of Topliss-reactive ketones (excluding diaryl/α,β-unsaturated/α-hetero) is 1. The number of ether oxygens (including phenoxy) is 1.